The molecule has 1 unspecified atom stereocenters. The molecule has 3 nitrogen and oxygen atoms in total. The first kappa shape index (κ1) is 15.8. The van der Waals surface area contributed by atoms with Crippen molar-refractivity contribution in [1.82, 2.24) is 0 Å². The highest BCUT2D eigenvalue weighted by Crippen LogP contribution is 2.38. The van der Waals surface area contributed by atoms with Crippen LogP contribution < -0.4 is 11.1 Å². The van der Waals surface area contributed by atoms with Crippen molar-refractivity contribution in [1.29, 1.82) is 0 Å². The smallest absolute Gasteiger partial charge is 0.381 e. The average molecular weight is 276 g/mol. The van der Waals surface area contributed by atoms with E-state index in [1.807, 2.05) is 6.92 Å². The van der Waals surface area contributed by atoms with E-state index in [0.717, 1.165) is 13.3 Å². The van der Waals surface area contributed by atoms with Crippen molar-refractivity contribution in [2.24, 2.45) is 5.73 Å². The van der Waals surface area contributed by atoms with Crippen LogP contribution >= 0.6 is 0 Å². The third-order valence-corrected chi connectivity index (χ3v) is 3.15. The Morgan fingerprint density at radius 3 is 2.16 bits per heavy atom. The van der Waals surface area contributed by atoms with Gasteiger partial charge in [0.2, 0.25) is 0 Å². The number of hydrogen-bond donors (Lipinski definition) is 3. The van der Waals surface area contributed by atoms with Gasteiger partial charge in [-0.3, -0.25) is 0 Å². The van der Waals surface area contributed by atoms with Crippen molar-refractivity contribution < 1.29 is 18.3 Å². The predicted octanol–water partition coefficient (Wildman–Crippen LogP) is 2.61. The zero-order valence-electron chi connectivity index (χ0n) is 11.0. The number of nitrogens with one attached hydrogen (secondary N) is 1. The van der Waals surface area contributed by atoms with Gasteiger partial charge in [0.15, 0.2) is 5.60 Å². The third kappa shape index (κ3) is 3.61. The predicted molar refractivity (Wildman–Crippen MR) is 68.8 cm³/mol. The Labute approximate surface area is 110 Å². The largest absolute Gasteiger partial charge is 0.421 e. The summed E-state index contributed by atoms with van der Waals surface area (Å²) in [7, 11) is 0. The monoisotopic (exact) mass is 276 g/mol. The summed E-state index contributed by atoms with van der Waals surface area (Å²) in [5.74, 6) is 0. The van der Waals surface area contributed by atoms with Crippen molar-refractivity contribution in [2.75, 3.05) is 11.9 Å². The summed E-state index contributed by atoms with van der Waals surface area (Å²) >= 11 is 0. The van der Waals surface area contributed by atoms with Crippen molar-refractivity contribution in [3.8, 4) is 0 Å². The van der Waals surface area contributed by atoms with E-state index in [1.54, 1.807) is 0 Å². The molecule has 0 bridgehead atoms. The van der Waals surface area contributed by atoms with E-state index in [9.17, 15) is 18.3 Å². The van der Waals surface area contributed by atoms with Gasteiger partial charge in [-0.25, -0.2) is 0 Å². The second kappa shape index (κ2) is 5.79. The van der Waals surface area contributed by atoms with Gasteiger partial charge in [0, 0.05) is 18.3 Å². The highest BCUT2D eigenvalue weighted by Gasteiger charge is 2.51. The molecule has 0 aliphatic carbocycles. The molecule has 0 spiro atoms. The molecule has 2 atom stereocenters. The number of halogens is 3. The van der Waals surface area contributed by atoms with Crippen molar-refractivity contribution in [3.63, 3.8) is 0 Å². The van der Waals surface area contributed by atoms with Crippen LogP contribution in [-0.2, 0) is 5.60 Å². The molecule has 0 amide bonds. The number of benzene rings is 1. The minimum absolute atomic E-state index is 0.0778. The summed E-state index contributed by atoms with van der Waals surface area (Å²) in [5.41, 5.74) is 3.18. The van der Waals surface area contributed by atoms with Gasteiger partial charge in [-0.2, -0.15) is 13.2 Å². The maximum absolute atomic E-state index is 12.7. The number of anilines is 1. The fourth-order valence-corrected chi connectivity index (χ4v) is 1.62. The fraction of sp³-hybridized carbons (Fsp3) is 0.538. The van der Waals surface area contributed by atoms with Crippen molar-refractivity contribution in [2.45, 2.75) is 38.1 Å². The Kier molecular flexibility index (Phi) is 4.81. The lowest BCUT2D eigenvalue weighted by Gasteiger charge is -2.27. The molecule has 1 aromatic rings. The summed E-state index contributed by atoms with van der Waals surface area (Å²) in [4.78, 5) is 0. The molecule has 0 saturated carbocycles. The standard InChI is InChI=1S/C13H19F3N2O/c1-3-10(8-17)18-11-6-4-9(5-7-11)12(2,19)13(14,15)16/h4-7,10,18-19H,3,8,17H2,1-2H3/t10-,12?/m0/s1. The van der Waals surface area contributed by atoms with Crippen LogP contribution in [0.25, 0.3) is 0 Å². The third-order valence-electron chi connectivity index (χ3n) is 3.15. The topological polar surface area (TPSA) is 58.3 Å². The van der Waals surface area contributed by atoms with Crippen LogP contribution in [0.2, 0.25) is 0 Å². The Hall–Kier alpha value is -1.27. The number of aliphatic hydroxyl groups is 1. The lowest BCUT2D eigenvalue weighted by molar-refractivity contribution is -0.258. The molecule has 0 fully saturated rings. The number of rotatable bonds is 5. The highest BCUT2D eigenvalue weighted by atomic mass is 19.4. The van der Waals surface area contributed by atoms with Crippen LogP contribution in [0.4, 0.5) is 18.9 Å². The van der Waals surface area contributed by atoms with E-state index in [4.69, 9.17) is 5.73 Å². The zero-order chi connectivity index (χ0) is 14.7. The van der Waals surface area contributed by atoms with E-state index in [0.29, 0.717) is 12.2 Å². The van der Waals surface area contributed by atoms with E-state index >= 15 is 0 Å². The van der Waals surface area contributed by atoms with Crippen LogP contribution in [-0.4, -0.2) is 23.9 Å². The maximum Gasteiger partial charge on any atom is 0.421 e. The summed E-state index contributed by atoms with van der Waals surface area (Å²) < 4.78 is 38.0. The Balaban J connectivity index is 2.88. The van der Waals surface area contributed by atoms with Gasteiger partial charge < -0.3 is 16.2 Å². The minimum Gasteiger partial charge on any atom is -0.381 e. The van der Waals surface area contributed by atoms with Gasteiger partial charge in [-0.1, -0.05) is 19.1 Å². The van der Waals surface area contributed by atoms with Gasteiger partial charge in [-0.05, 0) is 31.0 Å². The summed E-state index contributed by atoms with van der Waals surface area (Å²) in [6, 6.07) is 5.62. The van der Waals surface area contributed by atoms with Crippen LogP contribution in [0, 0.1) is 0 Å². The Bertz CT molecular complexity index is 397. The maximum atomic E-state index is 12.7. The summed E-state index contributed by atoms with van der Waals surface area (Å²) in [6.07, 6.45) is -3.89. The van der Waals surface area contributed by atoms with Gasteiger partial charge in [-0.15, -0.1) is 0 Å². The molecule has 1 rings (SSSR count). The second-order valence-corrected chi connectivity index (χ2v) is 4.63. The minimum atomic E-state index is -4.70. The van der Waals surface area contributed by atoms with Crippen LogP contribution in [0.15, 0.2) is 24.3 Å². The number of nitrogens with two attached hydrogens (primary N) is 1. The highest BCUT2D eigenvalue weighted by molar-refractivity contribution is 5.46. The molecule has 1 aromatic carbocycles. The van der Waals surface area contributed by atoms with E-state index in [2.05, 4.69) is 5.32 Å². The number of hydrogen-bond acceptors (Lipinski definition) is 3. The lowest BCUT2D eigenvalue weighted by Crippen LogP contribution is -2.39. The molecular formula is C13H19F3N2O. The van der Waals surface area contributed by atoms with Gasteiger partial charge in [0.1, 0.15) is 0 Å². The SMILES string of the molecule is CC[C@@H](CN)Nc1ccc(C(C)(O)C(F)(F)F)cc1. The lowest BCUT2D eigenvalue weighted by atomic mass is 9.95. The van der Waals surface area contributed by atoms with Crippen LogP contribution in [0.1, 0.15) is 25.8 Å². The first-order chi connectivity index (χ1) is 8.72. The summed E-state index contributed by atoms with van der Waals surface area (Å²) in [5, 5.41) is 12.6. The molecular weight excluding hydrogens is 257 g/mol. The second-order valence-electron chi connectivity index (χ2n) is 4.63. The molecule has 0 aliphatic heterocycles. The molecule has 0 radical (unpaired) electrons. The van der Waals surface area contributed by atoms with Crippen LogP contribution in [0.5, 0.6) is 0 Å². The fourth-order valence-electron chi connectivity index (χ4n) is 1.62. The van der Waals surface area contributed by atoms with E-state index in [1.165, 1.54) is 24.3 Å². The molecule has 0 saturated heterocycles. The first-order valence-corrected chi connectivity index (χ1v) is 6.08. The van der Waals surface area contributed by atoms with Crippen molar-refractivity contribution >= 4 is 5.69 Å². The van der Waals surface area contributed by atoms with Crippen molar-refractivity contribution in [3.05, 3.63) is 29.8 Å². The summed E-state index contributed by atoms with van der Waals surface area (Å²) in [6.45, 7) is 3.15. The molecule has 108 valence electrons. The molecule has 19 heavy (non-hydrogen) atoms. The normalized spacial score (nSPS) is 16.8. The van der Waals surface area contributed by atoms with E-state index in [-0.39, 0.29) is 11.6 Å². The molecule has 6 heteroatoms. The number of alkyl halides is 3. The Morgan fingerprint density at radius 2 is 1.79 bits per heavy atom. The Morgan fingerprint density at radius 1 is 1.26 bits per heavy atom. The van der Waals surface area contributed by atoms with Gasteiger partial charge in [0.25, 0.3) is 0 Å². The van der Waals surface area contributed by atoms with Gasteiger partial charge >= 0.3 is 6.18 Å². The van der Waals surface area contributed by atoms with Gasteiger partial charge in [0.05, 0.1) is 0 Å². The quantitative estimate of drug-likeness (QED) is 0.774. The molecule has 0 aromatic heterocycles. The molecule has 4 N–H and O–H groups in total. The molecule has 0 heterocycles. The first-order valence-electron chi connectivity index (χ1n) is 6.08. The van der Waals surface area contributed by atoms with E-state index < -0.39 is 11.8 Å². The average Bonchev–Trinajstić information content (AvgIpc) is 2.35. The molecule has 0 aliphatic rings. The van der Waals surface area contributed by atoms with Crippen LogP contribution in [0.3, 0.4) is 0 Å². The zero-order valence-corrected chi connectivity index (χ0v) is 11.0.